The highest BCUT2D eigenvalue weighted by Gasteiger charge is 2.20. The molecule has 0 fully saturated rings. The standard InChI is InChI=1S/C44H29NO/c1-2-10-30(11-3-1)35-15-8-16-38(29-35)45(37-25-22-32(23-26-37)36-21-20-31-12-4-5-14-34(31)28-36)41-18-9-19-42-43(41)40-27-24-33-13-6-7-17-39(33)44(40)46-42/h1-29H. The van der Waals surface area contributed by atoms with Gasteiger partial charge >= 0.3 is 0 Å². The fourth-order valence-electron chi connectivity index (χ4n) is 6.78. The summed E-state index contributed by atoms with van der Waals surface area (Å²) in [4.78, 5) is 2.36. The van der Waals surface area contributed by atoms with Crippen LogP contribution < -0.4 is 4.90 Å². The summed E-state index contributed by atoms with van der Waals surface area (Å²) < 4.78 is 6.61. The number of anilines is 3. The first-order valence-corrected chi connectivity index (χ1v) is 15.7. The van der Waals surface area contributed by atoms with Crippen molar-refractivity contribution in [2.24, 2.45) is 0 Å². The van der Waals surface area contributed by atoms with Crippen LogP contribution in [0.1, 0.15) is 0 Å². The molecule has 216 valence electrons. The van der Waals surface area contributed by atoms with E-state index in [-0.39, 0.29) is 0 Å². The third kappa shape index (κ3) is 4.43. The van der Waals surface area contributed by atoms with E-state index in [1.54, 1.807) is 0 Å². The van der Waals surface area contributed by atoms with Crippen LogP contribution >= 0.6 is 0 Å². The number of nitrogens with zero attached hydrogens (tertiary/aromatic N) is 1. The fourth-order valence-corrected chi connectivity index (χ4v) is 6.78. The maximum atomic E-state index is 6.61. The van der Waals surface area contributed by atoms with Crippen LogP contribution in [0.2, 0.25) is 0 Å². The highest BCUT2D eigenvalue weighted by molar-refractivity contribution is 6.19. The van der Waals surface area contributed by atoms with Gasteiger partial charge in [0.05, 0.1) is 11.1 Å². The monoisotopic (exact) mass is 587 g/mol. The van der Waals surface area contributed by atoms with Crippen LogP contribution in [0.3, 0.4) is 0 Å². The van der Waals surface area contributed by atoms with E-state index in [1.807, 2.05) is 0 Å². The van der Waals surface area contributed by atoms with Crippen molar-refractivity contribution in [1.29, 1.82) is 0 Å². The Balaban J connectivity index is 1.24. The Morgan fingerprint density at radius 1 is 0.370 bits per heavy atom. The first-order chi connectivity index (χ1) is 22.8. The van der Waals surface area contributed by atoms with Gasteiger partial charge in [0, 0.05) is 22.1 Å². The van der Waals surface area contributed by atoms with Crippen LogP contribution in [-0.4, -0.2) is 0 Å². The van der Waals surface area contributed by atoms with Crippen LogP contribution in [0.25, 0.3) is 65.7 Å². The second-order valence-corrected chi connectivity index (χ2v) is 11.8. The van der Waals surface area contributed by atoms with Crippen molar-refractivity contribution in [3.63, 3.8) is 0 Å². The molecule has 0 aliphatic rings. The molecule has 1 heterocycles. The van der Waals surface area contributed by atoms with E-state index >= 15 is 0 Å². The van der Waals surface area contributed by atoms with Gasteiger partial charge in [-0.05, 0) is 86.9 Å². The van der Waals surface area contributed by atoms with Gasteiger partial charge in [-0.25, -0.2) is 0 Å². The van der Waals surface area contributed by atoms with Gasteiger partial charge in [0.15, 0.2) is 0 Å². The van der Waals surface area contributed by atoms with Crippen molar-refractivity contribution >= 4 is 60.5 Å². The molecular formula is C44H29NO. The maximum absolute atomic E-state index is 6.61. The van der Waals surface area contributed by atoms with E-state index < -0.39 is 0 Å². The number of rotatable bonds is 5. The average molecular weight is 588 g/mol. The van der Waals surface area contributed by atoms with Crippen LogP contribution in [-0.2, 0) is 0 Å². The van der Waals surface area contributed by atoms with Crippen LogP contribution in [0.15, 0.2) is 180 Å². The zero-order valence-corrected chi connectivity index (χ0v) is 25.1. The van der Waals surface area contributed by atoms with Crippen LogP contribution in [0, 0.1) is 0 Å². The molecule has 0 saturated carbocycles. The Morgan fingerprint density at radius 3 is 1.89 bits per heavy atom. The van der Waals surface area contributed by atoms with Crippen molar-refractivity contribution in [1.82, 2.24) is 0 Å². The summed E-state index contributed by atoms with van der Waals surface area (Å²) in [5.41, 5.74) is 9.80. The van der Waals surface area contributed by atoms with Crippen molar-refractivity contribution < 1.29 is 4.42 Å². The smallest absolute Gasteiger partial charge is 0.143 e. The lowest BCUT2D eigenvalue weighted by Gasteiger charge is -2.27. The van der Waals surface area contributed by atoms with E-state index in [0.717, 1.165) is 44.4 Å². The molecule has 9 rings (SSSR count). The molecule has 0 N–H and O–H groups in total. The fraction of sp³-hybridized carbons (Fsp3) is 0. The second kappa shape index (κ2) is 10.8. The van der Waals surface area contributed by atoms with Crippen LogP contribution in [0.4, 0.5) is 17.1 Å². The van der Waals surface area contributed by atoms with Crippen LogP contribution in [0.5, 0.6) is 0 Å². The second-order valence-electron chi connectivity index (χ2n) is 11.8. The van der Waals surface area contributed by atoms with E-state index in [0.29, 0.717) is 0 Å². The summed E-state index contributed by atoms with van der Waals surface area (Å²) in [6.45, 7) is 0. The predicted molar refractivity (Wildman–Crippen MR) is 194 cm³/mol. The molecule has 2 nitrogen and oxygen atoms in total. The van der Waals surface area contributed by atoms with Gasteiger partial charge in [-0.1, -0.05) is 127 Å². The number of fused-ring (bicyclic) bond motifs is 6. The Morgan fingerprint density at radius 2 is 1.02 bits per heavy atom. The van der Waals surface area contributed by atoms with Gasteiger partial charge in [-0.2, -0.15) is 0 Å². The molecule has 0 spiro atoms. The molecule has 0 atom stereocenters. The molecule has 0 amide bonds. The maximum Gasteiger partial charge on any atom is 0.143 e. The van der Waals surface area contributed by atoms with Gasteiger partial charge in [0.2, 0.25) is 0 Å². The third-order valence-corrected chi connectivity index (χ3v) is 9.03. The van der Waals surface area contributed by atoms with Crippen molar-refractivity contribution in [2.75, 3.05) is 4.90 Å². The first-order valence-electron chi connectivity index (χ1n) is 15.7. The number of benzene rings is 8. The molecule has 0 unspecified atom stereocenters. The topological polar surface area (TPSA) is 16.4 Å². The Kier molecular flexibility index (Phi) is 6.17. The quantitative estimate of drug-likeness (QED) is 0.199. The van der Waals surface area contributed by atoms with Gasteiger partial charge < -0.3 is 9.32 Å². The van der Waals surface area contributed by atoms with E-state index in [9.17, 15) is 0 Å². The highest BCUT2D eigenvalue weighted by Crippen LogP contribution is 2.45. The predicted octanol–water partition coefficient (Wildman–Crippen LogP) is 12.7. The van der Waals surface area contributed by atoms with Gasteiger partial charge in [0.1, 0.15) is 11.2 Å². The molecular weight excluding hydrogens is 558 g/mol. The van der Waals surface area contributed by atoms with E-state index in [1.165, 1.54) is 38.4 Å². The minimum absolute atomic E-state index is 0.876. The van der Waals surface area contributed by atoms with Crippen molar-refractivity contribution in [3.05, 3.63) is 176 Å². The van der Waals surface area contributed by atoms with Crippen molar-refractivity contribution in [2.45, 2.75) is 0 Å². The molecule has 9 aromatic rings. The van der Waals surface area contributed by atoms with Crippen molar-refractivity contribution in [3.8, 4) is 22.3 Å². The molecule has 0 aliphatic carbocycles. The largest absolute Gasteiger partial charge is 0.455 e. The summed E-state index contributed by atoms with van der Waals surface area (Å²) in [6.07, 6.45) is 0. The van der Waals surface area contributed by atoms with Gasteiger partial charge in [0.25, 0.3) is 0 Å². The Bertz CT molecular complexity index is 2530. The number of hydrogen-bond acceptors (Lipinski definition) is 2. The molecule has 8 aromatic carbocycles. The molecule has 0 aliphatic heterocycles. The molecule has 0 bridgehead atoms. The Labute approximate surface area is 267 Å². The summed E-state index contributed by atoms with van der Waals surface area (Å²) >= 11 is 0. The first kappa shape index (κ1) is 26.3. The van der Waals surface area contributed by atoms with Gasteiger partial charge in [-0.15, -0.1) is 0 Å². The SMILES string of the molecule is c1ccc(-c2cccc(N(c3ccc(-c4ccc5ccccc5c4)cc3)c3cccc4oc5c6ccccc6ccc5c34)c2)cc1. The van der Waals surface area contributed by atoms with E-state index in [2.05, 4.69) is 181 Å². The molecule has 0 saturated heterocycles. The average Bonchev–Trinajstić information content (AvgIpc) is 3.53. The van der Waals surface area contributed by atoms with E-state index in [4.69, 9.17) is 4.42 Å². The minimum atomic E-state index is 0.876. The third-order valence-electron chi connectivity index (χ3n) is 9.03. The summed E-state index contributed by atoms with van der Waals surface area (Å²) in [6, 6.07) is 62.7. The zero-order chi connectivity index (χ0) is 30.5. The lowest BCUT2D eigenvalue weighted by atomic mass is 10.00. The molecule has 0 radical (unpaired) electrons. The summed E-state index contributed by atoms with van der Waals surface area (Å²) in [5.74, 6) is 0. The minimum Gasteiger partial charge on any atom is -0.455 e. The lowest BCUT2D eigenvalue weighted by molar-refractivity contribution is 0.672. The molecule has 1 aromatic heterocycles. The number of hydrogen-bond donors (Lipinski definition) is 0. The Hall–Kier alpha value is -6.12. The summed E-state index contributed by atoms with van der Waals surface area (Å²) in [7, 11) is 0. The molecule has 2 heteroatoms. The molecule has 46 heavy (non-hydrogen) atoms. The zero-order valence-electron chi connectivity index (χ0n) is 25.1. The number of furan rings is 1. The summed E-state index contributed by atoms with van der Waals surface area (Å²) in [5, 5.41) is 7.01. The van der Waals surface area contributed by atoms with Gasteiger partial charge in [-0.3, -0.25) is 0 Å². The highest BCUT2D eigenvalue weighted by atomic mass is 16.3. The lowest BCUT2D eigenvalue weighted by Crippen LogP contribution is -2.10. The normalized spacial score (nSPS) is 11.5.